The van der Waals surface area contributed by atoms with Gasteiger partial charge in [-0.3, -0.25) is 4.79 Å². The SMILES string of the molecule is O=C(C1CCC(n2cnnc2)CC1)N1CCCCC1. The third kappa shape index (κ3) is 2.80. The Morgan fingerprint density at radius 3 is 2.21 bits per heavy atom. The third-order valence-corrected chi connectivity index (χ3v) is 4.57. The lowest BCUT2D eigenvalue weighted by Crippen LogP contribution is -2.40. The van der Waals surface area contributed by atoms with Crippen LogP contribution in [0.5, 0.6) is 0 Å². The van der Waals surface area contributed by atoms with Gasteiger partial charge in [0, 0.05) is 25.0 Å². The molecule has 0 spiro atoms. The summed E-state index contributed by atoms with van der Waals surface area (Å²) >= 11 is 0. The average Bonchev–Trinajstić information content (AvgIpc) is 3.02. The number of likely N-dealkylation sites (tertiary alicyclic amines) is 1. The normalized spacial score (nSPS) is 28.3. The van der Waals surface area contributed by atoms with E-state index in [1.54, 1.807) is 12.7 Å². The predicted molar refractivity (Wildman–Crippen MR) is 71.4 cm³/mol. The first-order chi connectivity index (χ1) is 9.34. The van der Waals surface area contributed by atoms with Crippen molar-refractivity contribution in [1.29, 1.82) is 0 Å². The zero-order valence-corrected chi connectivity index (χ0v) is 11.4. The number of amides is 1. The van der Waals surface area contributed by atoms with Crippen molar-refractivity contribution in [3.8, 4) is 0 Å². The minimum Gasteiger partial charge on any atom is -0.342 e. The molecule has 0 aromatic carbocycles. The summed E-state index contributed by atoms with van der Waals surface area (Å²) in [4.78, 5) is 14.5. The smallest absolute Gasteiger partial charge is 0.225 e. The standard InChI is InChI=1S/C14H22N4O/c19-14(17-8-2-1-3-9-17)12-4-6-13(7-5-12)18-10-15-16-11-18/h10-13H,1-9H2. The zero-order valence-electron chi connectivity index (χ0n) is 11.4. The van der Waals surface area contributed by atoms with Crippen molar-refractivity contribution in [2.24, 2.45) is 5.92 Å². The van der Waals surface area contributed by atoms with E-state index in [1.165, 1.54) is 19.3 Å². The van der Waals surface area contributed by atoms with Crippen LogP contribution in [0.4, 0.5) is 0 Å². The highest BCUT2D eigenvalue weighted by Gasteiger charge is 2.30. The molecule has 1 amide bonds. The molecule has 0 bridgehead atoms. The Labute approximate surface area is 114 Å². The van der Waals surface area contributed by atoms with Crippen molar-refractivity contribution in [2.75, 3.05) is 13.1 Å². The van der Waals surface area contributed by atoms with Gasteiger partial charge in [-0.1, -0.05) is 0 Å². The Hall–Kier alpha value is -1.39. The number of nitrogens with zero attached hydrogens (tertiary/aromatic N) is 4. The molecule has 19 heavy (non-hydrogen) atoms. The van der Waals surface area contributed by atoms with E-state index in [4.69, 9.17) is 0 Å². The molecule has 5 heteroatoms. The van der Waals surface area contributed by atoms with E-state index in [-0.39, 0.29) is 5.92 Å². The number of piperidine rings is 1. The first kappa shape index (κ1) is 12.6. The Morgan fingerprint density at radius 1 is 0.947 bits per heavy atom. The van der Waals surface area contributed by atoms with Gasteiger partial charge < -0.3 is 9.47 Å². The molecule has 0 atom stereocenters. The summed E-state index contributed by atoms with van der Waals surface area (Å²) in [6.07, 6.45) is 11.4. The fourth-order valence-corrected chi connectivity index (χ4v) is 3.39. The molecule has 1 aromatic rings. The Morgan fingerprint density at radius 2 is 1.58 bits per heavy atom. The lowest BCUT2D eigenvalue weighted by molar-refractivity contribution is -0.137. The lowest BCUT2D eigenvalue weighted by atomic mass is 9.84. The number of carbonyl (C=O) groups excluding carboxylic acids is 1. The highest BCUT2D eigenvalue weighted by Crippen LogP contribution is 2.33. The van der Waals surface area contributed by atoms with Gasteiger partial charge in [-0.05, 0) is 44.9 Å². The molecule has 1 aliphatic heterocycles. The van der Waals surface area contributed by atoms with Gasteiger partial charge in [0.1, 0.15) is 12.7 Å². The number of carbonyl (C=O) groups is 1. The molecule has 5 nitrogen and oxygen atoms in total. The summed E-state index contributed by atoms with van der Waals surface area (Å²) in [5, 5.41) is 7.73. The second-order valence-electron chi connectivity index (χ2n) is 5.80. The van der Waals surface area contributed by atoms with Crippen LogP contribution in [0, 0.1) is 5.92 Å². The van der Waals surface area contributed by atoms with Gasteiger partial charge in [0.25, 0.3) is 0 Å². The maximum atomic E-state index is 12.4. The van der Waals surface area contributed by atoms with E-state index in [0.717, 1.165) is 38.8 Å². The van der Waals surface area contributed by atoms with Gasteiger partial charge in [0.05, 0.1) is 0 Å². The van der Waals surface area contributed by atoms with E-state index >= 15 is 0 Å². The first-order valence-corrected chi connectivity index (χ1v) is 7.47. The molecule has 1 saturated heterocycles. The van der Waals surface area contributed by atoms with Crippen molar-refractivity contribution in [2.45, 2.75) is 51.0 Å². The van der Waals surface area contributed by atoms with Crippen LogP contribution in [0.1, 0.15) is 51.0 Å². The quantitative estimate of drug-likeness (QED) is 0.819. The van der Waals surface area contributed by atoms with E-state index in [9.17, 15) is 4.79 Å². The monoisotopic (exact) mass is 262 g/mol. The fourth-order valence-electron chi connectivity index (χ4n) is 3.39. The van der Waals surface area contributed by atoms with E-state index in [0.29, 0.717) is 11.9 Å². The van der Waals surface area contributed by atoms with Crippen LogP contribution in [0.2, 0.25) is 0 Å². The molecular formula is C14H22N4O. The molecule has 2 fully saturated rings. The van der Waals surface area contributed by atoms with Crippen molar-refractivity contribution >= 4 is 5.91 Å². The van der Waals surface area contributed by atoms with Crippen LogP contribution in [0.15, 0.2) is 12.7 Å². The molecule has 0 N–H and O–H groups in total. The van der Waals surface area contributed by atoms with Gasteiger partial charge in [0.2, 0.25) is 5.91 Å². The van der Waals surface area contributed by atoms with Crippen LogP contribution >= 0.6 is 0 Å². The molecule has 0 unspecified atom stereocenters. The lowest BCUT2D eigenvalue weighted by Gasteiger charge is -2.34. The molecule has 1 saturated carbocycles. The Balaban J connectivity index is 1.53. The second-order valence-corrected chi connectivity index (χ2v) is 5.80. The van der Waals surface area contributed by atoms with E-state index < -0.39 is 0 Å². The molecule has 2 heterocycles. The topological polar surface area (TPSA) is 51.0 Å². The second kappa shape index (κ2) is 5.72. The number of hydrogen-bond acceptors (Lipinski definition) is 3. The maximum absolute atomic E-state index is 12.4. The van der Waals surface area contributed by atoms with Gasteiger partial charge in [-0.2, -0.15) is 0 Å². The number of rotatable bonds is 2. The zero-order chi connectivity index (χ0) is 13.1. The summed E-state index contributed by atoms with van der Waals surface area (Å²) in [5.41, 5.74) is 0. The van der Waals surface area contributed by atoms with Gasteiger partial charge in [0.15, 0.2) is 0 Å². The molecular weight excluding hydrogens is 240 g/mol. The molecule has 0 radical (unpaired) electrons. The van der Waals surface area contributed by atoms with Gasteiger partial charge >= 0.3 is 0 Å². The van der Waals surface area contributed by atoms with Crippen molar-refractivity contribution in [3.63, 3.8) is 0 Å². The summed E-state index contributed by atoms with van der Waals surface area (Å²) < 4.78 is 2.08. The van der Waals surface area contributed by atoms with E-state index in [1.807, 2.05) is 0 Å². The molecule has 104 valence electrons. The van der Waals surface area contributed by atoms with Crippen LogP contribution in [0.25, 0.3) is 0 Å². The van der Waals surface area contributed by atoms with Crippen LogP contribution < -0.4 is 0 Å². The molecule has 1 aromatic heterocycles. The van der Waals surface area contributed by atoms with Crippen LogP contribution in [-0.2, 0) is 4.79 Å². The van der Waals surface area contributed by atoms with Crippen LogP contribution in [0.3, 0.4) is 0 Å². The van der Waals surface area contributed by atoms with Crippen LogP contribution in [-0.4, -0.2) is 38.7 Å². The first-order valence-electron chi connectivity index (χ1n) is 7.47. The largest absolute Gasteiger partial charge is 0.342 e. The van der Waals surface area contributed by atoms with Gasteiger partial charge in [-0.25, -0.2) is 0 Å². The molecule has 3 rings (SSSR count). The fraction of sp³-hybridized carbons (Fsp3) is 0.786. The summed E-state index contributed by atoms with van der Waals surface area (Å²) in [6.45, 7) is 1.95. The Kier molecular flexibility index (Phi) is 3.80. The molecule has 2 aliphatic rings. The van der Waals surface area contributed by atoms with Crippen molar-refractivity contribution in [1.82, 2.24) is 19.7 Å². The van der Waals surface area contributed by atoms with Gasteiger partial charge in [-0.15, -0.1) is 10.2 Å². The predicted octanol–water partition coefficient (Wildman–Crippen LogP) is 2.02. The van der Waals surface area contributed by atoms with Crippen molar-refractivity contribution < 1.29 is 4.79 Å². The maximum Gasteiger partial charge on any atom is 0.225 e. The highest BCUT2D eigenvalue weighted by molar-refractivity contribution is 5.79. The summed E-state index contributed by atoms with van der Waals surface area (Å²) in [6, 6.07) is 0.486. The minimum atomic E-state index is 0.255. The average molecular weight is 262 g/mol. The summed E-state index contributed by atoms with van der Waals surface area (Å²) in [5.74, 6) is 0.660. The third-order valence-electron chi connectivity index (χ3n) is 4.57. The molecule has 1 aliphatic carbocycles. The number of hydrogen-bond donors (Lipinski definition) is 0. The minimum absolute atomic E-state index is 0.255. The highest BCUT2D eigenvalue weighted by atomic mass is 16.2. The Bertz CT molecular complexity index is 403. The summed E-state index contributed by atoms with van der Waals surface area (Å²) in [7, 11) is 0. The number of aromatic nitrogens is 3. The van der Waals surface area contributed by atoms with E-state index in [2.05, 4.69) is 19.7 Å². The van der Waals surface area contributed by atoms with Crippen molar-refractivity contribution in [3.05, 3.63) is 12.7 Å².